The lowest BCUT2D eigenvalue weighted by molar-refractivity contribution is 0.413. The molecule has 2 N–H and O–H groups in total. The molecule has 18 heavy (non-hydrogen) atoms. The lowest BCUT2D eigenvalue weighted by Gasteiger charge is -2.12. The number of benzene rings is 2. The van der Waals surface area contributed by atoms with Crippen molar-refractivity contribution in [2.75, 3.05) is 12.8 Å². The molecule has 94 valence electrons. The third-order valence-corrected chi connectivity index (χ3v) is 2.73. The first-order valence-electron chi connectivity index (χ1n) is 5.79. The van der Waals surface area contributed by atoms with Crippen molar-refractivity contribution in [1.82, 2.24) is 0 Å². The second-order valence-electron chi connectivity index (χ2n) is 4.28. The maximum Gasteiger partial charge on any atom is 0.153 e. The zero-order chi connectivity index (χ0) is 13.1. The summed E-state index contributed by atoms with van der Waals surface area (Å²) in [5, 5.41) is 0. The number of methoxy groups -OCH3 is 1. The maximum absolute atomic E-state index is 5.98. The van der Waals surface area contributed by atoms with Crippen LogP contribution in [0.1, 0.15) is 11.1 Å². The smallest absolute Gasteiger partial charge is 0.153 e. The van der Waals surface area contributed by atoms with Gasteiger partial charge in [-0.3, -0.25) is 0 Å². The number of hydrogen-bond donors (Lipinski definition) is 1. The molecule has 0 fully saturated rings. The summed E-state index contributed by atoms with van der Waals surface area (Å²) in [6.07, 6.45) is 0. The molecule has 2 rings (SSSR count). The quantitative estimate of drug-likeness (QED) is 0.836. The van der Waals surface area contributed by atoms with Gasteiger partial charge in [-0.05, 0) is 55.3 Å². The molecule has 2 aromatic rings. The second-order valence-corrected chi connectivity index (χ2v) is 4.28. The third kappa shape index (κ3) is 2.56. The molecule has 0 heterocycles. The average Bonchev–Trinajstić information content (AvgIpc) is 2.34. The van der Waals surface area contributed by atoms with Gasteiger partial charge in [0, 0.05) is 0 Å². The van der Waals surface area contributed by atoms with Crippen LogP contribution in [-0.2, 0) is 0 Å². The molecular formula is C15H17NO2. The van der Waals surface area contributed by atoms with E-state index in [0.29, 0.717) is 11.4 Å². The molecule has 0 radical (unpaired) electrons. The van der Waals surface area contributed by atoms with Gasteiger partial charge in [0.05, 0.1) is 12.8 Å². The van der Waals surface area contributed by atoms with Crippen molar-refractivity contribution in [2.24, 2.45) is 0 Å². The highest BCUT2D eigenvalue weighted by molar-refractivity contribution is 5.59. The standard InChI is InChI=1S/C15H17NO2/c1-10-8-11(2)15(14(16)9-10)18-13-6-4-12(17-3)5-7-13/h4-9H,16H2,1-3H3. The van der Waals surface area contributed by atoms with Crippen LogP contribution in [0.15, 0.2) is 36.4 Å². The van der Waals surface area contributed by atoms with Crippen molar-refractivity contribution >= 4 is 5.69 Å². The van der Waals surface area contributed by atoms with E-state index in [1.54, 1.807) is 7.11 Å². The van der Waals surface area contributed by atoms with Gasteiger partial charge in [0.2, 0.25) is 0 Å². The fourth-order valence-electron chi connectivity index (χ4n) is 1.89. The van der Waals surface area contributed by atoms with Gasteiger partial charge in [-0.2, -0.15) is 0 Å². The summed E-state index contributed by atoms with van der Waals surface area (Å²) < 4.78 is 10.9. The molecule has 0 unspecified atom stereocenters. The zero-order valence-corrected chi connectivity index (χ0v) is 10.9. The minimum atomic E-state index is 0.656. The van der Waals surface area contributed by atoms with Crippen LogP contribution in [0.5, 0.6) is 17.2 Å². The topological polar surface area (TPSA) is 44.5 Å². The van der Waals surface area contributed by atoms with E-state index in [2.05, 4.69) is 6.07 Å². The number of aryl methyl sites for hydroxylation is 2. The number of nitrogen functional groups attached to an aromatic ring is 1. The molecule has 0 aromatic heterocycles. The monoisotopic (exact) mass is 243 g/mol. The van der Waals surface area contributed by atoms with Crippen molar-refractivity contribution in [3.8, 4) is 17.2 Å². The zero-order valence-electron chi connectivity index (χ0n) is 10.9. The fraction of sp³-hybridized carbons (Fsp3) is 0.200. The second kappa shape index (κ2) is 5.00. The first kappa shape index (κ1) is 12.3. The van der Waals surface area contributed by atoms with Crippen LogP contribution in [-0.4, -0.2) is 7.11 Å². The van der Waals surface area contributed by atoms with Gasteiger partial charge in [0.1, 0.15) is 11.5 Å². The molecule has 0 aliphatic heterocycles. The molecular weight excluding hydrogens is 226 g/mol. The SMILES string of the molecule is COc1ccc(Oc2c(C)cc(C)cc2N)cc1. The van der Waals surface area contributed by atoms with Crippen molar-refractivity contribution in [3.63, 3.8) is 0 Å². The van der Waals surface area contributed by atoms with Gasteiger partial charge in [0.15, 0.2) is 5.75 Å². The largest absolute Gasteiger partial charge is 0.497 e. The van der Waals surface area contributed by atoms with E-state index < -0.39 is 0 Å². The Kier molecular flexibility index (Phi) is 3.42. The van der Waals surface area contributed by atoms with E-state index >= 15 is 0 Å². The van der Waals surface area contributed by atoms with Crippen molar-refractivity contribution in [2.45, 2.75) is 13.8 Å². The Bertz CT molecular complexity index is 524. The highest BCUT2D eigenvalue weighted by Crippen LogP contribution is 2.32. The molecule has 0 saturated carbocycles. The predicted octanol–water partition coefficient (Wildman–Crippen LogP) is 3.69. The van der Waals surface area contributed by atoms with Crippen molar-refractivity contribution < 1.29 is 9.47 Å². The first-order chi connectivity index (χ1) is 8.60. The Labute approximate surface area is 107 Å². The van der Waals surface area contributed by atoms with Crippen LogP contribution in [0.25, 0.3) is 0 Å². The summed E-state index contributed by atoms with van der Waals surface area (Å²) >= 11 is 0. The highest BCUT2D eigenvalue weighted by Gasteiger charge is 2.07. The molecule has 0 amide bonds. The number of hydrogen-bond acceptors (Lipinski definition) is 3. The summed E-state index contributed by atoms with van der Waals surface area (Å²) in [6, 6.07) is 11.4. The van der Waals surface area contributed by atoms with E-state index in [1.807, 2.05) is 44.2 Å². The molecule has 0 saturated heterocycles. The number of rotatable bonds is 3. The minimum Gasteiger partial charge on any atom is -0.497 e. The lowest BCUT2D eigenvalue weighted by Crippen LogP contribution is -1.95. The van der Waals surface area contributed by atoms with Crippen molar-refractivity contribution in [1.29, 1.82) is 0 Å². The molecule has 2 aromatic carbocycles. The molecule has 0 aliphatic carbocycles. The number of nitrogens with two attached hydrogens (primary N) is 1. The average molecular weight is 243 g/mol. The normalized spacial score (nSPS) is 10.2. The number of ether oxygens (including phenoxy) is 2. The van der Waals surface area contributed by atoms with Crippen LogP contribution in [0, 0.1) is 13.8 Å². The Morgan fingerprint density at radius 3 is 2.11 bits per heavy atom. The van der Waals surface area contributed by atoms with Gasteiger partial charge in [-0.15, -0.1) is 0 Å². The molecule has 0 atom stereocenters. The molecule has 3 nitrogen and oxygen atoms in total. The molecule has 0 bridgehead atoms. The van der Waals surface area contributed by atoms with Gasteiger partial charge >= 0.3 is 0 Å². The maximum atomic E-state index is 5.98. The summed E-state index contributed by atoms with van der Waals surface area (Å²) in [6.45, 7) is 4.00. The summed E-state index contributed by atoms with van der Waals surface area (Å²) in [7, 11) is 1.64. The summed E-state index contributed by atoms with van der Waals surface area (Å²) in [5.74, 6) is 2.26. The Hall–Kier alpha value is -2.16. The molecule has 3 heteroatoms. The summed E-state index contributed by atoms with van der Waals surface area (Å²) in [5.41, 5.74) is 8.79. The van der Waals surface area contributed by atoms with Gasteiger partial charge in [-0.25, -0.2) is 0 Å². The Morgan fingerprint density at radius 2 is 1.56 bits per heavy atom. The van der Waals surface area contributed by atoms with Crippen LogP contribution >= 0.6 is 0 Å². The summed E-state index contributed by atoms with van der Waals surface area (Å²) in [4.78, 5) is 0. The Morgan fingerprint density at radius 1 is 0.944 bits per heavy atom. The first-order valence-corrected chi connectivity index (χ1v) is 5.79. The van der Waals surface area contributed by atoms with Gasteiger partial charge < -0.3 is 15.2 Å². The highest BCUT2D eigenvalue weighted by atomic mass is 16.5. The van der Waals surface area contributed by atoms with Crippen LogP contribution in [0.2, 0.25) is 0 Å². The van der Waals surface area contributed by atoms with Crippen molar-refractivity contribution in [3.05, 3.63) is 47.5 Å². The van der Waals surface area contributed by atoms with Crippen LogP contribution in [0.4, 0.5) is 5.69 Å². The third-order valence-electron chi connectivity index (χ3n) is 2.73. The lowest BCUT2D eigenvalue weighted by atomic mass is 10.1. The molecule has 0 spiro atoms. The Balaban J connectivity index is 2.28. The molecule has 0 aliphatic rings. The van der Waals surface area contributed by atoms with Crippen LogP contribution in [0.3, 0.4) is 0 Å². The van der Waals surface area contributed by atoms with Gasteiger partial charge in [-0.1, -0.05) is 6.07 Å². The van der Waals surface area contributed by atoms with Gasteiger partial charge in [0.25, 0.3) is 0 Å². The van der Waals surface area contributed by atoms with E-state index in [9.17, 15) is 0 Å². The van der Waals surface area contributed by atoms with E-state index in [0.717, 1.165) is 22.6 Å². The van der Waals surface area contributed by atoms with E-state index in [-0.39, 0.29) is 0 Å². The fourth-order valence-corrected chi connectivity index (χ4v) is 1.89. The van der Waals surface area contributed by atoms with E-state index in [4.69, 9.17) is 15.2 Å². The van der Waals surface area contributed by atoms with Crippen LogP contribution < -0.4 is 15.2 Å². The number of anilines is 1. The van der Waals surface area contributed by atoms with E-state index in [1.165, 1.54) is 0 Å². The predicted molar refractivity (Wildman–Crippen MR) is 73.4 cm³/mol. The minimum absolute atomic E-state index is 0.656.